The van der Waals surface area contributed by atoms with Crippen LogP contribution in [0.2, 0.25) is 0 Å². The van der Waals surface area contributed by atoms with E-state index < -0.39 is 0 Å². The number of nitrogens with zero attached hydrogens (tertiary/aromatic N) is 1. The highest BCUT2D eigenvalue weighted by atomic mass is 16.1. The Kier molecular flexibility index (Phi) is 5.08. The third kappa shape index (κ3) is 3.48. The van der Waals surface area contributed by atoms with Crippen molar-refractivity contribution >= 4 is 5.91 Å². The lowest BCUT2D eigenvalue weighted by Gasteiger charge is -2.47. The zero-order chi connectivity index (χ0) is 15.6. The minimum absolute atomic E-state index is 0.0870. The lowest BCUT2D eigenvalue weighted by Crippen LogP contribution is -2.55. The van der Waals surface area contributed by atoms with E-state index in [2.05, 4.69) is 17.3 Å². The molecule has 0 radical (unpaired) electrons. The molecule has 1 aliphatic carbocycles. The van der Waals surface area contributed by atoms with E-state index in [1.807, 2.05) is 0 Å². The zero-order valence-electron chi connectivity index (χ0n) is 14.2. The van der Waals surface area contributed by atoms with Crippen LogP contribution in [0.3, 0.4) is 0 Å². The summed E-state index contributed by atoms with van der Waals surface area (Å²) in [7, 11) is 2.26. The number of fused-ring (bicyclic) bond motifs is 2. The van der Waals surface area contributed by atoms with E-state index in [9.17, 15) is 4.79 Å². The summed E-state index contributed by atoms with van der Waals surface area (Å²) in [4.78, 5) is 15.1. The van der Waals surface area contributed by atoms with Gasteiger partial charge in [-0.3, -0.25) is 4.79 Å². The average Bonchev–Trinajstić information content (AvgIpc) is 2.49. The molecule has 126 valence electrons. The minimum atomic E-state index is 0.0870. The van der Waals surface area contributed by atoms with E-state index in [4.69, 9.17) is 5.73 Å². The van der Waals surface area contributed by atoms with Crippen molar-refractivity contribution in [2.24, 2.45) is 11.1 Å². The average molecular weight is 307 g/mol. The van der Waals surface area contributed by atoms with Gasteiger partial charge in [-0.05, 0) is 57.5 Å². The summed E-state index contributed by atoms with van der Waals surface area (Å²) >= 11 is 0. The van der Waals surface area contributed by atoms with Gasteiger partial charge in [-0.15, -0.1) is 0 Å². The van der Waals surface area contributed by atoms with E-state index in [0.717, 1.165) is 25.7 Å². The van der Waals surface area contributed by atoms with Gasteiger partial charge in [0.2, 0.25) is 5.91 Å². The summed E-state index contributed by atoms with van der Waals surface area (Å²) in [5.74, 6) is 0.250. The Labute approximate surface area is 135 Å². The number of carbonyl (C=O) groups is 1. The summed E-state index contributed by atoms with van der Waals surface area (Å²) in [6.45, 7) is 0.666. The van der Waals surface area contributed by atoms with Crippen LogP contribution in [0.4, 0.5) is 0 Å². The molecule has 2 atom stereocenters. The lowest BCUT2D eigenvalue weighted by molar-refractivity contribution is -0.125. The number of piperidine rings is 2. The second-order valence-electron chi connectivity index (χ2n) is 8.08. The first-order chi connectivity index (χ1) is 10.6. The molecule has 4 heteroatoms. The van der Waals surface area contributed by atoms with Crippen LogP contribution in [0.5, 0.6) is 0 Å². The second kappa shape index (κ2) is 6.88. The molecule has 0 aromatic rings. The molecule has 2 heterocycles. The summed E-state index contributed by atoms with van der Waals surface area (Å²) in [6.07, 6.45) is 12.9. The second-order valence-corrected chi connectivity index (χ2v) is 8.08. The Balaban J connectivity index is 1.53. The molecule has 1 amide bonds. The Morgan fingerprint density at radius 3 is 2.36 bits per heavy atom. The first-order valence-corrected chi connectivity index (χ1v) is 9.33. The van der Waals surface area contributed by atoms with Crippen LogP contribution in [0, 0.1) is 5.41 Å². The Morgan fingerprint density at radius 2 is 1.77 bits per heavy atom. The maximum absolute atomic E-state index is 12.6. The highest BCUT2D eigenvalue weighted by molar-refractivity contribution is 5.77. The molecule has 3 aliphatic rings. The number of hydrogen-bond donors (Lipinski definition) is 2. The van der Waals surface area contributed by atoms with Crippen LogP contribution in [0.1, 0.15) is 70.6 Å². The van der Waals surface area contributed by atoms with E-state index >= 15 is 0 Å². The van der Waals surface area contributed by atoms with Crippen molar-refractivity contribution in [1.82, 2.24) is 10.2 Å². The Hall–Kier alpha value is -0.610. The molecule has 4 nitrogen and oxygen atoms in total. The molecule has 0 aromatic carbocycles. The number of amides is 1. The van der Waals surface area contributed by atoms with Gasteiger partial charge in [0.1, 0.15) is 0 Å². The van der Waals surface area contributed by atoms with Gasteiger partial charge >= 0.3 is 0 Å². The lowest BCUT2D eigenvalue weighted by atomic mass is 9.71. The number of nitrogens with one attached hydrogen (secondary N) is 1. The molecule has 3 fully saturated rings. The molecule has 0 aromatic heterocycles. The van der Waals surface area contributed by atoms with Gasteiger partial charge in [-0.1, -0.05) is 25.7 Å². The van der Waals surface area contributed by atoms with Crippen molar-refractivity contribution in [2.45, 2.75) is 88.8 Å². The molecule has 2 aliphatic heterocycles. The predicted octanol–water partition coefficient (Wildman–Crippen LogP) is 2.42. The molecule has 3 rings (SSSR count). The zero-order valence-corrected chi connectivity index (χ0v) is 14.2. The van der Waals surface area contributed by atoms with Crippen LogP contribution in [-0.2, 0) is 4.79 Å². The summed E-state index contributed by atoms with van der Waals surface area (Å²) < 4.78 is 0. The van der Waals surface area contributed by atoms with Gasteiger partial charge in [0.25, 0.3) is 0 Å². The topological polar surface area (TPSA) is 58.4 Å². The van der Waals surface area contributed by atoms with Crippen LogP contribution < -0.4 is 11.1 Å². The first kappa shape index (κ1) is 16.3. The molecule has 2 bridgehead atoms. The fourth-order valence-electron chi connectivity index (χ4n) is 5.11. The van der Waals surface area contributed by atoms with Crippen LogP contribution >= 0.6 is 0 Å². The predicted molar refractivity (Wildman–Crippen MR) is 89.5 cm³/mol. The molecule has 0 spiro atoms. The molecular weight excluding hydrogens is 274 g/mol. The van der Waals surface area contributed by atoms with Crippen molar-refractivity contribution in [3.63, 3.8) is 0 Å². The van der Waals surface area contributed by atoms with Gasteiger partial charge in [-0.25, -0.2) is 0 Å². The van der Waals surface area contributed by atoms with Crippen molar-refractivity contribution in [2.75, 3.05) is 13.6 Å². The molecular formula is C18H33N3O. The molecule has 2 saturated heterocycles. The quantitative estimate of drug-likeness (QED) is 0.838. The van der Waals surface area contributed by atoms with Gasteiger partial charge in [-0.2, -0.15) is 0 Å². The molecule has 3 N–H and O–H groups in total. The number of hydrogen-bond acceptors (Lipinski definition) is 3. The van der Waals surface area contributed by atoms with E-state index in [1.165, 1.54) is 38.5 Å². The minimum Gasteiger partial charge on any atom is -0.353 e. The van der Waals surface area contributed by atoms with Crippen molar-refractivity contribution in [3.8, 4) is 0 Å². The van der Waals surface area contributed by atoms with E-state index in [0.29, 0.717) is 31.1 Å². The normalized spacial score (nSPS) is 35.1. The third-order valence-corrected chi connectivity index (χ3v) is 6.59. The van der Waals surface area contributed by atoms with Crippen LogP contribution in [-0.4, -0.2) is 42.5 Å². The summed E-state index contributed by atoms with van der Waals surface area (Å²) in [6, 6.07) is 1.74. The smallest absolute Gasteiger partial charge is 0.220 e. The highest BCUT2D eigenvalue weighted by Gasteiger charge is 2.38. The van der Waals surface area contributed by atoms with Gasteiger partial charge in [0, 0.05) is 24.5 Å². The first-order valence-electron chi connectivity index (χ1n) is 9.33. The SMILES string of the molecule is CN1C2CCCC1CC(NC(=O)CC1(CN)CCCCC1)C2. The van der Waals surface area contributed by atoms with Gasteiger partial charge in [0.05, 0.1) is 0 Å². The number of carbonyl (C=O) groups excluding carboxylic acids is 1. The van der Waals surface area contributed by atoms with E-state index in [-0.39, 0.29) is 11.3 Å². The molecule has 2 unspecified atom stereocenters. The Bertz CT molecular complexity index is 378. The van der Waals surface area contributed by atoms with Gasteiger partial charge < -0.3 is 16.0 Å². The van der Waals surface area contributed by atoms with E-state index in [1.54, 1.807) is 0 Å². The fourth-order valence-corrected chi connectivity index (χ4v) is 5.11. The molecule has 1 saturated carbocycles. The standard InChI is InChI=1S/C18H33N3O/c1-21-15-6-5-7-16(21)11-14(10-15)20-17(22)12-18(13-19)8-3-2-4-9-18/h14-16H,2-13,19H2,1H3,(H,20,22). The maximum atomic E-state index is 12.6. The fraction of sp³-hybridized carbons (Fsp3) is 0.944. The number of rotatable bonds is 4. The van der Waals surface area contributed by atoms with Gasteiger partial charge in [0.15, 0.2) is 0 Å². The Morgan fingerprint density at radius 1 is 1.14 bits per heavy atom. The van der Waals surface area contributed by atoms with Crippen LogP contribution in [0.25, 0.3) is 0 Å². The van der Waals surface area contributed by atoms with Crippen LogP contribution in [0.15, 0.2) is 0 Å². The van der Waals surface area contributed by atoms with Crippen molar-refractivity contribution in [3.05, 3.63) is 0 Å². The maximum Gasteiger partial charge on any atom is 0.220 e. The molecule has 22 heavy (non-hydrogen) atoms. The highest BCUT2D eigenvalue weighted by Crippen LogP contribution is 2.38. The number of nitrogens with two attached hydrogens (primary N) is 1. The summed E-state index contributed by atoms with van der Waals surface area (Å²) in [5, 5.41) is 3.35. The summed E-state index contributed by atoms with van der Waals surface area (Å²) in [5.41, 5.74) is 6.11. The van der Waals surface area contributed by atoms with Crippen molar-refractivity contribution in [1.29, 1.82) is 0 Å². The third-order valence-electron chi connectivity index (χ3n) is 6.59. The monoisotopic (exact) mass is 307 g/mol. The largest absolute Gasteiger partial charge is 0.353 e. The van der Waals surface area contributed by atoms with Crippen molar-refractivity contribution < 1.29 is 4.79 Å².